The van der Waals surface area contributed by atoms with Crippen LogP contribution in [0.5, 0.6) is 5.75 Å². The maximum atomic E-state index is 13.5. The first-order valence-corrected chi connectivity index (χ1v) is 6.31. The number of alkyl halides is 2. The molecular weight excluding hydrogens is 289 g/mol. The molecule has 2 rings (SSSR count). The van der Waals surface area contributed by atoms with Crippen LogP contribution in [0.4, 0.5) is 18.9 Å². The lowest BCUT2D eigenvalue weighted by Crippen LogP contribution is -2.39. The molecule has 0 aromatic heterocycles. The van der Waals surface area contributed by atoms with Crippen molar-refractivity contribution >= 4 is 11.6 Å². The van der Waals surface area contributed by atoms with E-state index in [2.05, 4.69) is 15.4 Å². The highest BCUT2D eigenvalue weighted by Crippen LogP contribution is 2.24. The molecule has 2 N–H and O–H groups in total. The summed E-state index contributed by atoms with van der Waals surface area (Å²) in [5.41, 5.74) is 0.167. The fraction of sp³-hybridized carbons (Fsp3) is 0.462. The number of hydrogen-bond acceptors (Lipinski definition) is 4. The third-order valence-corrected chi connectivity index (χ3v) is 3.20. The van der Waals surface area contributed by atoms with E-state index in [0.717, 1.165) is 12.1 Å². The molecule has 8 heteroatoms. The van der Waals surface area contributed by atoms with Crippen molar-refractivity contribution in [1.29, 1.82) is 0 Å². The summed E-state index contributed by atoms with van der Waals surface area (Å²) in [6.45, 7) is -2.41. The Morgan fingerprint density at radius 3 is 2.81 bits per heavy atom. The van der Waals surface area contributed by atoms with Gasteiger partial charge in [0.05, 0.1) is 19.1 Å². The van der Waals surface area contributed by atoms with Crippen LogP contribution in [0.2, 0.25) is 0 Å². The van der Waals surface area contributed by atoms with Crippen LogP contribution in [0, 0.1) is 11.7 Å². The van der Waals surface area contributed by atoms with Crippen molar-refractivity contribution in [2.45, 2.75) is 12.7 Å². The molecule has 5 nitrogen and oxygen atoms in total. The van der Waals surface area contributed by atoms with Gasteiger partial charge in [-0.1, -0.05) is 0 Å². The number of benzene rings is 1. The normalized spacial score (nSPS) is 21.6. The highest BCUT2D eigenvalue weighted by molar-refractivity contribution is 5.93. The lowest BCUT2D eigenvalue weighted by molar-refractivity contribution is -0.120. The molecule has 1 aliphatic rings. The van der Waals surface area contributed by atoms with Gasteiger partial charge in [-0.15, -0.1) is 0 Å². The summed E-state index contributed by atoms with van der Waals surface area (Å²) in [4.78, 5) is 12.1. The van der Waals surface area contributed by atoms with E-state index in [9.17, 15) is 18.0 Å². The molecule has 2 atom stereocenters. The van der Waals surface area contributed by atoms with Crippen molar-refractivity contribution in [3.63, 3.8) is 0 Å². The molecule has 1 heterocycles. The Morgan fingerprint density at radius 2 is 2.19 bits per heavy atom. The minimum Gasteiger partial charge on any atom is -0.432 e. The number of halogens is 3. The first-order valence-electron chi connectivity index (χ1n) is 6.31. The summed E-state index contributed by atoms with van der Waals surface area (Å²) < 4.78 is 46.8. The second-order valence-corrected chi connectivity index (χ2v) is 4.55. The average Bonchev–Trinajstić information content (AvgIpc) is 2.90. The Labute approximate surface area is 119 Å². The number of rotatable bonds is 5. The summed E-state index contributed by atoms with van der Waals surface area (Å²) in [5, 5.41) is 5.49. The first-order chi connectivity index (χ1) is 10.0. The van der Waals surface area contributed by atoms with Gasteiger partial charge in [-0.3, -0.25) is 4.79 Å². The van der Waals surface area contributed by atoms with Gasteiger partial charge in [-0.25, -0.2) is 4.39 Å². The molecule has 21 heavy (non-hydrogen) atoms. The standard InChI is InChI=1S/C13H15F3N2O3/c1-17-10-6-20-5-8(10)12(19)18-7-2-3-11(9(14)4-7)21-13(15)16/h2-4,8,10,13,17H,5-6H2,1H3,(H,18,19). The third kappa shape index (κ3) is 3.85. The number of likely N-dealkylation sites (N-methyl/N-ethyl adjacent to an activating group) is 1. The Bertz CT molecular complexity index is 513. The second kappa shape index (κ2) is 6.77. The van der Waals surface area contributed by atoms with Crippen LogP contribution >= 0.6 is 0 Å². The van der Waals surface area contributed by atoms with E-state index in [4.69, 9.17) is 4.74 Å². The molecule has 0 radical (unpaired) electrons. The van der Waals surface area contributed by atoms with Crippen LogP contribution < -0.4 is 15.4 Å². The van der Waals surface area contributed by atoms with E-state index in [1.807, 2.05) is 0 Å². The number of carbonyl (C=O) groups excluding carboxylic acids is 1. The van der Waals surface area contributed by atoms with E-state index >= 15 is 0 Å². The van der Waals surface area contributed by atoms with Gasteiger partial charge in [0.25, 0.3) is 0 Å². The Hall–Kier alpha value is -1.80. The van der Waals surface area contributed by atoms with Crippen molar-refractivity contribution < 1.29 is 27.4 Å². The molecule has 1 aromatic carbocycles. The van der Waals surface area contributed by atoms with Gasteiger partial charge in [0.15, 0.2) is 11.6 Å². The largest absolute Gasteiger partial charge is 0.432 e. The molecule has 0 saturated carbocycles. The number of carbonyl (C=O) groups is 1. The van der Waals surface area contributed by atoms with E-state index in [-0.39, 0.29) is 24.2 Å². The van der Waals surface area contributed by atoms with Gasteiger partial charge in [0.2, 0.25) is 5.91 Å². The molecule has 1 fully saturated rings. The average molecular weight is 304 g/mol. The molecule has 2 unspecified atom stereocenters. The molecule has 1 amide bonds. The van der Waals surface area contributed by atoms with Crippen LogP contribution in [0.15, 0.2) is 18.2 Å². The molecule has 116 valence electrons. The smallest absolute Gasteiger partial charge is 0.387 e. The van der Waals surface area contributed by atoms with Crippen molar-refractivity contribution in [2.75, 3.05) is 25.6 Å². The molecule has 1 saturated heterocycles. The molecule has 1 aromatic rings. The molecule has 0 bridgehead atoms. The highest BCUT2D eigenvalue weighted by atomic mass is 19.3. The van der Waals surface area contributed by atoms with Crippen LogP contribution in [-0.4, -0.2) is 38.8 Å². The van der Waals surface area contributed by atoms with Gasteiger partial charge < -0.3 is 20.1 Å². The monoisotopic (exact) mass is 304 g/mol. The van der Waals surface area contributed by atoms with E-state index in [1.54, 1.807) is 7.05 Å². The van der Waals surface area contributed by atoms with Gasteiger partial charge >= 0.3 is 6.61 Å². The Morgan fingerprint density at radius 1 is 1.43 bits per heavy atom. The molecule has 0 spiro atoms. The zero-order valence-corrected chi connectivity index (χ0v) is 11.2. The quantitative estimate of drug-likeness (QED) is 0.867. The van der Waals surface area contributed by atoms with Crippen LogP contribution in [0.25, 0.3) is 0 Å². The maximum absolute atomic E-state index is 13.5. The number of ether oxygens (including phenoxy) is 2. The summed E-state index contributed by atoms with van der Waals surface area (Å²) in [7, 11) is 1.72. The van der Waals surface area contributed by atoms with E-state index in [0.29, 0.717) is 6.61 Å². The molecular formula is C13H15F3N2O3. The predicted octanol–water partition coefficient (Wildman–Crippen LogP) is 1.60. The fourth-order valence-electron chi connectivity index (χ4n) is 2.10. The van der Waals surface area contributed by atoms with E-state index in [1.165, 1.54) is 6.07 Å². The lowest BCUT2D eigenvalue weighted by Gasteiger charge is -2.16. The summed E-state index contributed by atoms with van der Waals surface area (Å²) in [6.07, 6.45) is 0. The molecule has 1 aliphatic heterocycles. The first kappa shape index (κ1) is 15.6. The van der Waals surface area contributed by atoms with Crippen molar-refractivity contribution in [2.24, 2.45) is 5.92 Å². The third-order valence-electron chi connectivity index (χ3n) is 3.20. The summed E-state index contributed by atoms with van der Waals surface area (Å²) in [5.74, 6) is -2.26. The second-order valence-electron chi connectivity index (χ2n) is 4.55. The minimum absolute atomic E-state index is 0.115. The summed E-state index contributed by atoms with van der Waals surface area (Å²) in [6, 6.07) is 3.15. The lowest BCUT2D eigenvalue weighted by atomic mass is 10.0. The van der Waals surface area contributed by atoms with Crippen LogP contribution in [0.3, 0.4) is 0 Å². The zero-order chi connectivity index (χ0) is 15.4. The fourth-order valence-corrected chi connectivity index (χ4v) is 2.10. The van der Waals surface area contributed by atoms with Gasteiger partial charge in [-0.2, -0.15) is 8.78 Å². The van der Waals surface area contributed by atoms with Crippen molar-refractivity contribution in [3.05, 3.63) is 24.0 Å². The van der Waals surface area contributed by atoms with Gasteiger partial charge in [0.1, 0.15) is 0 Å². The summed E-state index contributed by atoms with van der Waals surface area (Å²) >= 11 is 0. The van der Waals surface area contributed by atoms with Crippen LogP contribution in [-0.2, 0) is 9.53 Å². The minimum atomic E-state index is -3.10. The van der Waals surface area contributed by atoms with E-state index < -0.39 is 24.1 Å². The van der Waals surface area contributed by atoms with Crippen LogP contribution in [0.1, 0.15) is 0 Å². The SMILES string of the molecule is CNC1COCC1C(=O)Nc1ccc(OC(F)F)c(F)c1. The number of hydrogen-bond donors (Lipinski definition) is 2. The van der Waals surface area contributed by atoms with Gasteiger partial charge in [-0.05, 0) is 19.2 Å². The highest BCUT2D eigenvalue weighted by Gasteiger charge is 2.33. The Kier molecular flexibility index (Phi) is 5.03. The number of anilines is 1. The zero-order valence-electron chi connectivity index (χ0n) is 11.2. The predicted molar refractivity (Wildman–Crippen MR) is 68.8 cm³/mol. The topological polar surface area (TPSA) is 59.6 Å². The molecule has 0 aliphatic carbocycles. The number of amides is 1. The number of nitrogens with one attached hydrogen (secondary N) is 2. The van der Waals surface area contributed by atoms with Gasteiger partial charge in [0, 0.05) is 17.8 Å². The maximum Gasteiger partial charge on any atom is 0.387 e. The van der Waals surface area contributed by atoms with Crippen molar-refractivity contribution in [1.82, 2.24) is 5.32 Å². The van der Waals surface area contributed by atoms with Crippen molar-refractivity contribution in [3.8, 4) is 5.75 Å². The Balaban J connectivity index is 2.02.